The Kier molecular flexibility index (Phi) is 8.63. The zero-order valence-electron chi connectivity index (χ0n) is 19.1. The maximum atomic E-state index is 12.7. The van der Waals surface area contributed by atoms with Crippen LogP contribution in [0.1, 0.15) is 61.0 Å². The van der Waals surface area contributed by atoms with Crippen LogP contribution >= 0.6 is 27.5 Å². The van der Waals surface area contributed by atoms with E-state index < -0.39 is 0 Å². The van der Waals surface area contributed by atoms with Crippen LogP contribution < -0.4 is 15.0 Å². The van der Waals surface area contributed by atoms with E-state index in [2.05, 4.69) is 36.3 Å². The summed E-state index contributed by atoms with van der Waals surface area (Å²) in [4.78, 5) is 14.9. The van der Waals surface area contributed by atoms with Crippen molar-refractivity contribution >= 4 is 39.3 Å². The van der Waals surface area contributed by atoms with Crippen LogP contribution in [-0.2, 0) is 0 Å². The fourth-order valence-electron chi connectivity index (χ4n) is 4.66. The number of nitrogens with one attached hydrogen (secondary N) is 1. The van der Waals surface area contributed by atoms with Crippen LogP contribution in [-0.4, -0.2) is 46.7 Å². The molecule has 4 rings (SSSR count). The second-order valence-electron chi connectivity index (χ2n) is 9.00. The molecule has 2 aromatic rings. The fourth-order valence-corrected chi connectivity index (χ4v) is 5.52. The number of alkyl halides is 1. The fraction of sp³-hybridized carbons (Fsp3) is 0.520. The number of rotatable bonds is 7. The number of hydrogen-bond acceptors (Lipinski definition) is 6. The quantitative estimate of drug-likeness (QED) is 0.485. The summed E-state index contributed by atoms with van der Waals surface area (Å²) in [7, 11) is 0. The Morgan fingerprint density at radius 3 is 2.53 bits per heavy atom. The van der Waals surface area contributed by atoms with E-state index in [1.54, 1.807) is 24.3 Å². The molecule has 0 spiro atoms. The van der Waals surface area contributed by atoms with Gasteiger partial charge >= 0.3 is 0 Å². The topological polar surface area (TPSA) is 91.1 Å². The van der Waals surface area contributed by atoms with Crippen LogP contribution in [0.3, 0.4) is 0 Å². The number of amides is 1. The van der Waals surface area contributed by atoms with Crippen molar-refractivity contribution in [2.75, 3.05) is 23.3 Å². The normalized spacial score (nSPS) is 21.0. The number of benzene rings is 1. The number of carbonyl (C=O) groups is 1. The molecule has 7 nitrogen and oxygen atoms in total. The predicted octanol–water partition coefficient (Wildman–Crippen LogP) is 5.12. The van der Waals surface area contributed by atoms with E-state index >= 15 is 0 Å². The lowest BCUT2D eigenvalue weighted by atomic mass is 9.92. The molecule has 2 aliphatic rings. The van der Waals surface area contributed by atoms with Gasteiger partial charge < -0.3 is 15.0 Å². The molecule has 1 aromatic heterocycles. The third-order valence-electron chi connectivity index (χ3n) is 6.71. The lowest BCUT2D eigenvalue weighted by Gasteiger charge is -2.32. The summed E-state index contributed by atoms with van der Waals surface area (Å²) in [5.74, 6) is 2.10. The Morgan fingerprint density at radius 1 is 1.15 bits per heavy atom. The molecule has 2 heterocycles. The second-order valence-corrected chi connectivity index (χ2v) is 10.2. The third kappa shape index (κ3) is 6.39. The van der Waals surface area contributed by atoms with Gasteiger partial charge in [-0.15, -0.1) is 10.2 Å². The largest absolute Gasteiger partial charge is 0.490 e. The van der Waals surface area contributed by atoms with E-state index in [0.717, 1.165) is 55.8 Å². The molecule has 1 saturated heterocycles. The van der Waals surface area contributed by atoms with Crippen molar-refractivity contribution in [1.82, 2.24) is 15.5 Å². The number of halogens is 2. The molecule has 1 N–H and O–H groups in total. The van der Waals surface area contributed by atoms with Crippen molar-refractivity contribution in [2.24, 2.45) is 5.92 Å². The number of carbonyl (C=O) groups excluding carboxylic acids is 1. The first kappa shape index (κ1) is 24.7. The Morgan fingerprint density at radius 2 is 1.91 bits per heavy atom. The minimum Gasteiger partial charge on any atom is -0.490 e. The minimum atomic E-state index is -0.182. The molecule has 2 fully saturated rings. The number of anilines is 1. The maximum Gasteiger partial charge on any atom is 0.272 e. The van der Waals surface area contributed by atoms with Crippen LogP contribution in [0.5, 0.6) is 5.75 Å². The molecule has 34 heavy (non-hydrogen) atoms. The Labute approximate surface area is 214 Å². The van der Waals surface area contributed by atoms with Gasteiger partial charge in [-0.3, -0.25) is 4.79 Å². The van der Waals surface area contributed by atoms with Crippen molar-refractivity contribution in [3.8, 4) is 11.8 Å². The highest BCUT2D eigenvalue weighted by atomic mass is 79.9. The molecule has 0 bridgehead atoms. The molecule has 9 heteroatoms. The molecule has 1 saturated carbocycles. The second kappa shape index (κ2) is 11.9. The van der Waals surface area contributed by atoms with E-state index in [-0.39, 0.29) is 18.1 Å². The van der Waals surface area contributed by atoms with Crippen molar-refractivity contribution in [3.05, 3.63) is 46.6 Å². The van der Waals surface area contributed by atoms with Gasteiger partial charge in [0.15, 0.2) is 11.5 Å². The maximum absolute atomic E-state index is 12.7. The lowest BCUT2D eigenvalue weighted by molar-refractivity contribution is 0.0888. The first-order valence-corrected chi connectivity index (χ1v) is 13.4. The summed E-state index contributed by atoms with van der Waals surface area (Å²) in [5, 5.41) is 22.1. The third-order valence-corrected chi connectivity index (χ3v) is 7.48. The Hall–Kier alpha value is -2.37. The first-order valence-electron chi connectivity index (χ1n) is 11.9. The van der Waals surface area contributed by atoms with Crippen molar-refractivity contribution in [1.29, 1.82) is 5.26 Å². The van der Waals surface area contributed by atoms with E-state index in [0.29, 0.717) is 22.0 Å². The van der Waals surface area contributed by atoms with Crippen molar-refractivity contribution < 1.29 is 9.53 Å². The van der Waals surface area contributed by atoms with E-state index in [9.17, 15) is 4.79 Å². The van der Waals surface area contributed by atoms with Crippen LogP contribution in [0, 0.1) is 17.2 Å². The van der Waals surface area contributed by atoms with Gasteiger partial charge in [0.2, 0.25) is 0 Å². The van der Waals surface area contributed by atoms with Crippen molar-refractivity contribution in [3.63, 3.8) is 0 Å². The van der Waals surface area contributed by atoms with Gasteiger partial charge in [0.1, 0.15) is 11.8 Å². The number of piperidine rings is 1. The van der Waals surface area contributed by atoms with E-state index in [1.807, 2.05) is 12.1 Å². The van der Waals surface area contributed by atoms with Crippen LogP contribution in [0.4, 0.5) is 5.82 Å². The molecule has 0 radical (unpaired) electrons. The smallest absolute Gasteiger partial charge is 0.272 e. The number of nitriles is 1. The average Bonchev–Trinajstić information content (AvgIpc) is 2.86. The van der Waals surface area contributed by atoms with Crippen LogP contribution in [0.25, 0.3) is 0 Å². The first-order chi connectivity index (χ1) is 16.6. The lowest BCUT2D eigenvalue weighted by Crippen LogP contribution is -2.40. The molecule has 1 amide bonds. The summed E-state index contributed by atoms with van der Waals surface area (Å²) < 4.78 is 6.03. The number of nitrogens with zero attached hydrogens (tertiary/aromatic N) is 4. The van der Waals surface area contributed by atoms with Crippen LogP contribution in [0.2, 0.25) is 5.02 Å². The van der Waals surface area contributed by atoms with Gasteiger partial charge in [-0.1, -0.05) is 27.5 Å². The molecular weight excluding hydrogens is 518 g/mol. The molecule has 1 aromatic carbocycles. The Bertz CT molecular complexity index is 1010. The van der Waals surface area contributed by atoms with Gasteiger partial charge in [-0.25, -0.2) is 0 Å². The number of ether oxygens (including phenoxy) is 1. The Balaban J connectivity index is 1.22. The van der Waals surface area contributed by atoms with Gasteiger partial charge in [-0.05, 0) is 75.1 Å². The molecule has 0 atom stereocenters. The number of aromatic nitrogens is 2. The molecular formula is C25H29BrClN5O2. The van der Waals surface area contributed by atoms with E-state index in [1.165, 1.54) is 19.3 Å². The van der Waals surface area contributed by atoms with Crippen LogP contribution in [0.15, 0.2) is 30.3 Å². The van der Waals surface area contributed by atoms with Crippen molar-refractivity contribution in [2.45, 2.75) is 57.1 Å². The zero-order valence-corrected chi connectivity index (χ0v) is 21.4. The average molecular weight is 547 g/mol. The highest BCUT2D eigenvalue weighted by Gasteiger charge is 2.25. The van der Waals surface area contributed by atoms with Gasteiger partial charge in [0.05, 0.1) is 16.7 Å². The SMILES string of the molecule is N#Cc1ccc(O[C@H]2CC[C@H](NC(=O)c3ccc(N4CCC(CCBr)CC4)nn3)CC2)cc1Cl. The zero-order chi connectivity index (χ0) is 23.9. The minimum absolute atomic E-state index is 0.0647. The molecule has 1 aliphatic carbocycles. The summed E-state index contributed by atoms with van der Waals surface area (Å²) in [6.07, 6.45) is 6.94. The molecule has 180 valence electrons. The predicted molar refractivity (Wildman–Crippen MR) is 136 cm³/mol. The van der Waals surface area contributed by atoms with Gasteiger partial charge in [0.25, 0.3) is 5.91 Å². The summed E-state index contributed by atoms with van der Waals surface area (Å²) in [5.41, 5.74) is 0.787. The standard InChI is InChI=1S/C25H29BrClN5O2/c26-12-9-17-10-13-32(14-11-17)24-8-7-23(30-31-24)25(33)29-19-2-5-20(6-3-19)34-21-4-1-18(16-28)22(27)15-21/h1,4,7-8,15,17,19-20H,2-3,5-6,9-14H2,(H,29,33)/t19-,20-. The highest BCUT2D eigenvalue weighted by Crippen LogP contribution is 2.28. The summed E-state index contributed by atoms with van der Waals surface area (Å²) in [6.45, 7) is 1.97. The monoisotopic (exact) mass is 545 g/mol. The summed E-state index contributed by atoms with van der Waals surface area (Å²) in [6, 6.07) is 10.9. The molecule has 1 aliphatic heterocycles. The van der Waals surface area contributed by atoms with E-state index in [4.69, 9.17) is 21.6 Å². The van der Waals surface area contributed by atoms with Gasteiger partial charge in [0, 0.05) is 30.5 Å². The number of hydrogen-bond donors (Lipinski definition) is 1. The van der Waals surface area contributed by atoms with Gasteiger partial charge in [-0.2, -0.15) is 5.26 Å². The molecule has 0 unspecified atom stereocenters. The summed E-state index contributed by atoms with van der Waals surface area (Å²) >= 11 is 9.62. The highest BCUT2D eigenvalue weighted by molar-refractivity contribution is 9.09.